The highest BCUT2D eigenvalue weighted by Gasteiger charge is 2.50. The third-order valence-electron chi connectivity index (χ3n) is 4.45. The van der Waals surface area contributed by atoms with Crippen molar-refractivity contribution in [2.24, 2.45) is 0 Å². The number of hydrogen-bond acceptors (Lipinski definition) is 9. The summed E-state index contributed by atoms with van der Waals surface area (Å²) in [7, 11) is 0. The number of aliphatic hydroxyl groups is 1. The summed E-state index contributed by atoms with van der Waals surface area (Å²) in [6.07, 6.45) is 0.617. The van der Waals surface area contributed by atoms with E-state index < -0.39 is 48.6 Å². The van der Waals surface area contributed by atoms with Gasteiger partial charge in [0.1, 0.15) is 18.8 Å². The molecule has 0 bridgehead atoms. The molecular weight excluding hydrogens is 384 g/mol. The van der Waals surface area contributed by atoms with E-state index in [0.717, 1.165) is 25.7 Å². The second-order valence-electron chi connectivity index (χ2n) is 7.12. The molecule has 29 heavy (non-hydrogen) atoms. The molecule has 168 valence electrons. The van der Waals surface area contributed by atoms with Crippen LogP contribution < -0.4 is 0 Å². The number of hydrogen-bond donors (Lipinski definition) is 1. The maximum Gasteiger partial charge on any atom is 0.303 e. The van der Waals surface area contributed by atoms with Crippen LogP contribution in [0.3, 0.4) is 0 Å². The van der Waals surface area contributed by atoms with Crippen LogP contribution in [0.25, 0.3) is 0 Å². The fraction of sp³-hybridized carbons (Fsp3) is 0.850. The maximum absolute atomic E-state index is 11.5. The highest BCUT2D eigenvalue weighted by atomic mass is 16.7. The summed E-state index contributed by atoms with van der Waals surface area (Å²) in [6, 6.07) is 0. The predicted octanol–water partition coefficient (Wildman–Crippen LogP) is 1.88. The summed E-state index contributed by atoms with van der Waals surface area (Å²) in [4.78, 5) is 34.2. The molecule has 0 aromatic rings. The van der Waals surface area contributed by atoms with Crippen LogP contribution in [0.2, 0.25) is 0 Å². The van der Waals surface area contributed by atoms with Gasteiger partial charge in [-0.25, -0.2) is 0 Å². The van der Waals surface area contributed by atoms with E-state index in [1.54, 1.807) is 0 Å². The molecule has 0 aromatic carbocycles. The van der Waals surface area contributed by atoms with Crippen LogP contribution in [-0.4, -0.2) is 66.9 Å². The highest BCUT2D eigenvalue weighted by Crippen LogP contribution is 2.28. The quantitative estimate of drug-likeness (QED) is 0.288. The number of aliphatic hydroxyl groups excluding tert-OH is 1. The maximum atomic E-state index is 11.5. The zero-order chi connectivity index (χ0) is 21.8. The lowest BCUT2D eigenvalue weighted by molar-refractivity contribution is -0.306. The monoisotopic (exact) mass is 418 g/mol. The van der Waals surface area contributed by atoms with E-state index in [1.165, 1.54) is 33.6 Å². The molecule has 1 rings (SSSR count). The Kier molecular flexibility index (Phi) is 11.8. The van der Waals surface area contributed by atoms with Crippen LogP contribution in [0.15, 0.2) is 0 Å². The van der Waals surface area contributed by atoms with Crippen molar-refractivity contribution in [3.8, 4) is 0 Å². The molecule has 0 radical (unpaired) electrons. The summed E-state index contributed by atoms with van der Waals surface area (Å²) in [6.45, 7) is 5.86. The number of ether oxygens (including phenoxy) is 5. The lowest BCUT2D eigenvalue weighted by Crippen LogP contribution is -2.61. The lowest BCUT2D eigenvalue weighted by Gasteiger charge is -2.42. The SMILES string of the molecule is CCCCCCCCO[C@@H]1O[C@H](COC(C)=O)[C@@H](O)[C@H](OC(C)=O)[C@H]1OC(C)=O. The Balaban J connectivity index is 2.79. The molecule has 1 saturated heterocycles. The van der Waals surface area contributed by atoms with E-state index in [-0.39, 0.29) is 6.61 Å². The number of carbonyl (C=O) groups is 3. The van der Waals surface area contributed by atoms with Gasteiger partial charge in [0.15, 0.2) is 18.5 Å². The first kappa shape index (κ1) is 25.3. The largest absolute Gasteiger partial charge is 0.463 e. The average molecular weight is 418 g/mol. The fourth-order valence-corrected chi connectivity index (χ4v) is 3.09. The van der Waals surface area contributed by atoms with Crippen molar-refractivity contribution in [3.63, 3.8) is 0 Å². The minimum absolute atomic E-state index is 0.252. The van der Waals surface area contributed by atoms with Gasteiger partial charge in [0.05, 0.1) is 0 Å². The van der Waals surface area contributed by atoms with Gasteiger partial charge < -0.3 is 28.8 Å². The summed E-state index contributed by atoms with van der Waals surface area (Å²) >= 11 is 0. The Morgan fingerprint density at radius 1 is 0.862 bits per heavy atom. The summed E-state index contributed by atoms with van der Waals surface area (Å²) in [5, 5.41) is 10.5. The Bertz CT molecular complexity index is 522. The van der Waals surface area contributed by atoms with Gasteiger partial charge in [-0.2, -0.15) is 0 Å². The zero-order valence-corrected chi connectivity index (χ0v) is 17.8. The van der Waals surface area contributed by atoms with Crippen LogP contribution in [0.5, 0.6) is 0 Å². The molecule has 1 N–H and O–H groups in total. The van der Waals surface area contributed by atoms with Gasteiger partial charge in [0.2, 0.25) is 0 Å². The lowest BCUT2D eigenvalue weighted by atomic mass is 9.98. The molecule has 1 aliphatic rings. The van der Waals surface area contributed by atoms with Crippen LogP contribution in [-0.2, 0) is 38.1 Å². The second kappa shape index (κ2) is 13.5. The van der Waals surface area contributed by atoms with Gasteiger partial charge in [0, 0.05) is 27.4 Å². The second-order valence-corrected chi connectivity index (χ2v) is 7.12. The highest BCUT2D eigenvalue weighted by molar-refractivity contribution is 5.67. The van der Waals surface area contributed by atoms with Gasteiger partial charge in [-0.15, -0.1) is 0 Å². The van der Waals surface area contributed by atoms with Crippen molar-refractivity contribution in [1.82, 2.24) is 0 Å². The first-order chi connectivity index (χ1) is 13.8. The smallest absolute Gasteiger partial charge is 0.303 e. The molecule has 0 amide bonds. The molecule has 9 nitrogen and oxygen atoms in total. The fourth-order valence-electron chi connectivity index (χ4n) is 3.09. The minimum atomic E-state index is -1.36. The Labute approximate surface area is 172 Å². The standard InChI is InChI=1S/C20H34O9/c1-5-6-7-8-9-10-11-25-20-19(28-15(4)23)18(27-14(3)22)17(24)16(29-20)12-26-13(2)21/h16-20,24H,5-12H2,1-4H3/t16-,17-,18+,19-,20-/m1/s1. The van der Waals surface area contributed by atoms with Crippen LogP contribution in [0.1, 0.15) is 66.2 Å². The van der Waals surface area contributed by atoms with Crippen molar-refractivity contribution < 1.29 is 43.2 Å². The molecule has 0 unspecified atom stereocenters. The topological polar surface area (TPSA) is 118 Å². The Hall–Kier alpha value is -1.71. The number of rotatable bonds is 12. The van der Waals surface area contributed by atoms with Crippen molar-refractivity contribution in [2.45, 2.75) is 96.9 Å². The van der Waals surface area contributed by atoms with Crippen LogP contribution in [0, 0.1) is 0 Å². The molecule has 1 aliphatic heterocycles. The molecule has 0 spiro atoms. The number of carbonyl (C=O) groups excluding carboxylic acids is 3. The van der Waals surface area contributed by atoms with Crippen molar-refractivity contribution >= 4 is 17.9 Å². The molecule has 0 saturated carbocycles. The molecule has 0 aliphatic carbocycles. The van der Waals surface area contributed by atoms with Crippen LogP contribution >= 0.6 is 0 Å². The zero-order valence-electron chi connectivity index (χ0n) is 17.8. The average Bonchev–Trinajstić information content (AvgIpc) is 2.63. The normalized spacial score (nSPS) is 26.6. The van der Waals surface area contributed by atoms with Gasteiger partial charge in [-0.1, -0.05) is 39.0 Å². The summed E-state index contributed by atoms with van der Waals surface area (Å²) in [5.41, 5.74) is 0. The van der Waals surface area contributed by atoms with E-state index in [2.05, 4.69) is 6.92 Å². The van der Waals surface area contributed by atoms with Crippen molar-refractivity contribution in [2.75, 3.05) is 13.2 Å². The van der Waals surface area contributed by atoms with E-state index in [4.69, 9.17) is 23.7 Å². The van der Waals surface area contributed by atoms with Gasteiger partial charge in [0.25, 0.3) is 0 Å². The summed E-state index contributed by atoms with van der Waals surface area (Å²) < 4.78 is 26.8. The third kappa shape index (κ3) is 9.56. The predicted molar refractivity (Wildman–Crippen MR) is 102 cm³/mol. The first-order valence-corrected chi connectivity index (χ1v) is 10.2. The van der Waals surface area contributed by atoms with Gasteiger partial charge in [-0.3, -0.25) is 14.4 Å². The van der Waals surface area contributed by atoms with Gasteiger partial charge in [-0.05, 0) is 6.42 Å². The Morgan fingerprint density at radius 3 is 2.03 bits per heavy atom. The molecule has 9 heteroatoms. The van der Waals surface area contributed by atoms with E-state index in [1.807, 2.05) is 0 Å². The van der Waals surface area contributed by atoms with Gasteiger partial charge >= 0.3 is 17.9 Å². The molecular formula is C20H34O9. The third-order valence-corrected chi connectivity index (χ3v) is 4.45. The van der Waals surface area contributed by atoms with Crippen molar-refractivity contribution in [3.05, 3.63) is 0 Å². The van der Waals surface area contributed by atoms with E-state index in [0.29, 0.717) is 6.61 Å². The molecule has 0 aromatic heterocycles. The van der Waals surface area contributed by atoms with Crippen molar-refractivity contribution in [1.29, 1.82) is 0 Å². The van der Waals surface area contributed by atoms with Crippen LogP contribution in [0.4, 0.5) is 0 Å². The van der Waals surface area contributed by atoms with E-state index in [9.17, 15) is 19.5 Å². The molecule has 5 atom stereocenters. The number of unbranched alkanes of at least 4 members (excludes halogenated alkanes) is 5. The Morgan fingerprint density at radius 2 is 1.45 bits per heavy atom. The first-order valence-electron chi connectivity index (χ1n) is 10.2. The summed E-state index contributed by atoms with van der Waals surface area (Å²) in [5.74, 6) is -1.83. The minimum Gasteiger partial charge on any atom is -0.463 e. The molecule has 1 fully saturated rings. The number of esters is 3. The van der Waals surface area contributed by atoms with E-state index >= 15 is 0 Å². The molecule has 1 heterocycles.